The van der Waals surface area contributed by atoms with Crippen molar-refractivity contribution in [3.63, 3.8) is 0 Å². The van der Waals surface area contributed by atoms with Crippen LogP contribution in [-0.2, 0) is 7.05 Å². The number of aryl methyl sites for hydroxylation is 2. The molecule has 90 valence electrons. The minimum absolute atomic E-state index is 0.239. The number of rotatable bonds is 3. The van der Waals surface area contributed by atoms with Crippen molar-refractivity contribution in [1.82, 2.24) is 9.78 Å². The molecule has 1 aromatic heterocycles. The number of aromatic nitrogens is 2. The Morgan fingerprint density at radius 2 is 2.18 bits per heavy atom. The maximum Gasteiger partial charge on any atom is 0.0542 e. The van der Waals surface area contributed by atoms with Crippen LogP contribution in [0.3, 0.4) is 0 Å². The third kappa shape index (κ3) is 2.88. The van der Waals surface area contributed by atoms with Crippen molar-refractivity contribution in [3.8, 4) is 0 Å². The van der Waals surface area contributed by atoms with E-state index in [-0.39, 0.29) is 6.04 Å². The van der Waals surface area contributed by atoms with Gasteiger partial charge in [0.2, 0.25) is 0 Å². The van der Waals surface area contributed by atoms with E-state index in [2.05, 4.69) is 58.4 Å². The molecule has 0 saturated heterocycles. The van der Waals surface area contributed by atoms with Gasteiger partial charge in [0.1, 0.15) is 0 Å². The van der Waals surface area contributed by atoms with E-state index in [0.29, 0.717) is 0 Å². The van der Waals surface area contributed by atoms with Gasteiger partial charge in [-0.1, -0.05) is 6.07 Å². The quantitative estimate of drug-likeness (QED) is 0.936. The van der Waals surface area contributed by atoms with E-state index in [1.807, 2.05) is 24.1 Å². The lowest BCUT2D eigenvalue weighted by Gasteiger charge is -2.15. The molecule has 0 aliphatic carbocycles. The standard InChI is InChI=1S/C13H16BrN3/c1-9-4-5-13(12(14)6-9)16-10(2)11-7-15-17(3)8-11/h4-8,10,16H,1-3H3. The van der Waals surface area contributed by atoms with E-state index in [1.54, 1.807) is 0 Å². The first-order chi connectivity index (χ1) is 8.06. The van der Waals surface area contributed by atoms with Crippen LogP contribution in [0.2, 0.25) is 0 Å². The Kier molecular flexibility index (Phi) is 3.52. The topological polar surface area (TPSA) is 29.9 Å². The maximum absolute atomic E-state index is 4.18. The van der Waals surface area contributed by atoms with E-state index >= 15 is 0 Å². The van der Waals surface area contributed by atoms with Gasteiger partial charge in [-0.15, -0.1) is 0 Å². The summed E-state index contributed by atoms with van der Waals surface area (Å²) < 4.78 is 2.91. The average Bonchev–Trinajstić information content (AvgIpc) is 2.69. The van der Waals surface area contributed by atoms with Crippen LogP contribution in [0, 0.1) is 6.92 Å². The second kappa shape index (κ2) is 4.92. The molecule has 3 nitrogen and oxygen atoms in total. The molecule has 17 heavy (non-hydrogen) atoms. The molecule has 0 saturated carbocycles. The fraction of sp³-hybridized carbons (Fsp3) is 0.308. The molecule has 0 amide bonds. The number of benzene rings is 1. The smallest absolute Gasteiger partial charge is 0.0542 e. The van der Waals surface area contributed by atoms with Gasteiger partial charge >= 0.3 is 0 Å². The predicted molar refractivity (Wildman–Crippen MR) is 74.1 cm³/mol. The van der Waals surface area contributed by atoms with Crippen LogP contribution in [0.4, 0.5) is 5.69 Å². The van der Waals surface area contributed by atoms with Crippen molar-refractivity contribution >= 4 is 21.6 Å². The molecule has 1 N–H and O–H groups in total. The van der Waals surface area contributed by atoms with Gasteiger partial charge in [-0.25, -0.2) is 0 Å². The largest absolute Gasteiger partial charge is 0.377 e. The van der Waals surface area contributed by atoms with Crippen molar-refractivity contribution in [2.75, 3.05) is 5.32 Å². The summed E-state index contributed by atoms with van der Waals surface area (Å²) in [5.41, 5.74) is 3.53. The summed E-state index contributed by atoms with van der Waals surface area (Å²) in [6.07, 6.45) is 3.92. The lowest BCUT2D eigenvalue weighted by molar-refractivity contribution is 0.765. The second-order valence-electron chi connectivity index (χ2n) is 4.30. The van der Waals surface area contributed by atoms with Crippen molar-refractivity contribution in [2.45, 2.75) is 19.9 Å². The van der Waals surface area contributed by atoms with Crippen LogP contribution < -0.4 is 5.32 Å². The molecule has 1 heterocycles. The van der Waals surface area contributed by atoms with Crippen molar-refractivity contribution in [3.05, 3.63) is 46.2 Å². The summed E-state index contributed by atoms with van der Waals surface area (Å²) in [4.78, 5) is 0. The average molecular weight is 294 g/mol. The Balaban J connectivity index is 2.15. The van der Waals surface area contributed by atoms with E-state index in [0.717, 1.165) is 10.2 Å². The van der Waals surface area contributed by atoms with Crippen LogP contribution in [0.1, 0.15) is 24.1 Å². The summed E-state index contributed by atoms with van der Waals surface area (Å²) in [5, 5.41) is 7.65. The van der Waals surface area contributed by atoms with E-state index in [1.165, 1.54) is 11.1 Å². The molecule has 1 aromatic carbocycles. The molecule has 0 aliphatic rings. The Bertz CT molecular complexity index is 519. The number of hydrogen-bond acceptors (Lipinski definition) is 2. The molecule has 0 bridgehead atoms. The Morgan fingerprint density at radius 1 is 1.41 bits per heavy atom. The number of nitrogens with zero attached hydrogens (tertiary/aromatic N) is 2. The van der Waals surface area contributed by atoms with Crippen LogP contribution in [-0.4, -0.2) is 9.78 Å². The van der Waals surface area contributed by atoms with E-state index in [4.69, 9.17) is 0 Å². The lowest BCUT2D eigenvalue weighted by atomic mass is 10.1. The molecule has 4 heteroatoms. The summed E-state index contributed by atoms with van der Waals surface area (Å²) in [6, 6.07) is 6.54. The minimum atomic E-state index is 0.239. The minimum Gasteiger partial charge on any atom is -0.377 e. The normalized spacial score (nSPS) is 12.5. The fourth-order valence-electron chi connectivity index (χ4n) is 1.72. The van der Waals surface area contributed by atoms with Crippen molar-refractivity contribution in [2.24, 2.45) is 7.05 Å². The Labute approximate surface area is 110 Å². The summed E-state index contributed by atoms with van der Waals surface area (Å²) in [5.74, 6) is 0. The zero-order valence-corrected chi connectivity index (χ0v) is 11.8. The first-order valence-corrected chi connectivity index (χ1v) is 6.37. The number of hydrogen-bond donors (Lipinski definition) is 1. The molecule has 1 unspecified atom stereocenters. The third-order valence-corrected chi connectivity index (χ3v) is 3.38. The first kappa shape index (κ1) is 12.2. The van der Waals surface area contributed by atoms with Crippen molar-refractivity contribution < 1.29 is 0 Å². The highest BCUT2D eigenvalue weighted by Crippen LogP contribution is 2.27. The highest BCUT2D eigenvalue weighted by Gasteiger charge is 2.09. The third-order valence-electron chi connectivity index (χ3n) is 2.72. The molecule has 0 aliphatic heterocycles. The monoisotopic (exact) mass is 293 g/mol. The molecule has 1 atom stereocenters. The molecular weight excluding hydrogens is 278 g/mol. The van der Waals surface area contributed by atoms with Crippen LogP contribution in [0.25, 0.3) is 0 Å². The number of nitrogens with one attached hydrogen (secondary N) is 1. The van der Waals surface area contributed by atoms with Gasteiger partial charge < -0.3 is 5.32 Å². The van der Waals surface area contributed by atoms with Crippen LogP contribution in [0.5, 0.6) is 0 Å². The summed E-state index contributed by atoms with van der Waals surface area (Å²) >= 11 is 3.57. The van der Waals surface area contributed by atoms with Gasteiger partial charge in [0.05, 0.1) is 12.2 Å². The van der Waals surface area contributed by atoms with E-state index in [9.17, 15) is 0 Å². The van der Waals surface area contributed by atoms with Gasteiger partial charge in [0, 0.05) is 29.0 Å². The fourth-order valence-corrected chi connectivity index (χ4v) is 2.33. The summed E-state index contributed by atoms with van der Waals surface area (Å²) in [6.45, 7) is 4.21. The van der Waals surface area contributed by atoms with Gasteiger partial charge in [0.25, 0.3) is 0 Å². The van der Waals surface area contributed by atoms with Gasteiger partial charge in [0.15, 0.2) is 0 Å². The molecular formula is C13H16BrN3. The summed E-state index contributed by atoms with van der Waals surface area (Å²) in [7, 11) is 1.93. The number of anilines is 1. The maximum atomic E-state index is 4.18. The molecule has 2 aromatic rings. The Hall–Kier alpha value is -1.29. The van der Waals surface area contributed by atoms with Gasteiger partial charge in [-0.2, -0.15) is 5.10 Å². The number of halogens is 1. The first-order valence-electron chi connectivity index (χ1n) is 5.57. The lowest BCUT2D eigenvalue weighted by Crippen LogP contribution is -2.06. The van der Waals surface area contributed by atoms with Crippen LogP contribution >= 0.6 is 15.9 Å². The second-order valence-corrected chi connectivity index (χ2v) is 5.15. The Morgan fingerprint density at radius 3 is 2.76 bits per heavy atom. The molecule has 0 spiro atoms. The highest BCUT2D eigenvalue weighted by atomic mass is 79.9. The van der Waals surface area contributed by atoms with Crippen LogP contribution in [0.15, 0.2) is 35.1 Å². The zero-order valence-electron chi connectivity index (χ0n) is 10.2. The molecule has 0 radical (unpaired) electrons. The molecule has 2 rings (SSSR count). The zero-order chi connectivity index (χ0) is 12.4. The predicted octanol–water partition coefficient (Wildman–Crippen LogP) is 3.66. The SMILES string of the molecule is Cc1ccc(NC(C)c2cnn(C)c2)c(Br)c1. The van der Waals surface area contributed by atoms with Gasteiger partial charge in [-0.05, 0) is 47.5 Å². The molecule has 0 fully saturated rings. The highest BCUT2D eigenvalue weighted by molar-refractivity contribution is 9.10. The van der Waals surface area contributed by atoms with Gasteiger partial charge in [-0.3, -0.25) is 4.68 Å². The van der Waals surface area contributed by atoms with Crippen molar-refractivity contribution in [1.29, 1.82) is 0 Å². The van der Waals surface area contributed by atoms with E-state index < -0.39 is 0 Å².